The molecule has 0 fully saturated rings. The van der Waals surface area contributed by atoms with Gasteiger partial charge in [0, 0.05) is 9.58 Å². The number of thiophene rings is 1. The van der Waals surface area contributed by atoms with Crippen LogP contribution in [0.15, 0.2) is 48.5 Å². The van der Waals surface area contributed by atoms with E-state index in [0.717, 1.165) is 23.3 Å². The predicted octanol–water partition coefficient (Wildman–Crippen LogP) is 5.11. The van der Waals surface area contributed by atoms with Crippen molar-refractivity contribution in [3.8, 4) is 0 Å². The fraction of sp³-hybridized carbons (Fsp3) is 0.263. The summed E-state index contributed by atoms with van der Waals surface area (Å²) in [7, 11) is 0. The minimum Gasteiger partial charge on any atom is -0.383 e. The van der Waals surface area contributed by atoms with E-state index in [1.165, 1.54) is 21.2 Å². The lowest BCUT2D eigenvalue weighted by Gasteiger charge is -2.15. The molecule has 21 heavy (non-hydrogen) atoms. The quantitative estimate of drug-likeness (QED) is 0.709. The van der Waals surface area contributed by atoms with Gasteiger partial charge in [0.05, 0.1) is 0 Å². The number of aliphatic hydroxyl groups excluding tert-OH is 1. The van der Waals surface area contributed by atoms with E-state index in [2.05, 4.69) is 50.2 Å². The highest BCUT2D eigenvalue weighted by atomic mass is 32.1. The number of aryl methyl sites for hydroxylation is 2. The average Bonchev–Trinajstić information content (AvgIpc) is 2.97. The van der Waals surface area contributed by atoms with Crippen molar-refractivity contribution < 1.29 is 5.11 Å². The zero-order valence-corrected chi connectivity index (χ0v) is 13.3. The second kappa shape index (κ2) is 6.00. The molecule has 0 bridgehead atoms. The molecule has 0 aliphatic carbocycles. The van der Waals surface area contributed by atoms with Crippen LogP contribution in [0, 0.1) is 0 Å². The summed E-state index contributed by atoms with van der Waals surface area (Å²) in [5, 5.41) is 12.0. The molecular formula is C19H20OS. The van der Waals surface area contributed by atoms with Crippen LogP contribution in [0.25, 0.3) is 10.1 Å². The molecular weight excluding hydrogens is 276 g/mol. The molecule has 0 aliphatic heterocycles. The molecule has 3 rings (SSSR count). The highest BCUT2D eigenvalue weighted by molar-refractivity contribution is 7.19. The monoisotopic (exact) mass is 296 g/mol. The van der Waals surface area contributed by atoms with E-state index >= 15 is 0 Å². The molecule has 0 amide bonds. The Morgan fingerprint density at radius 1 is 1.00 bits per heavy atom. The van der Waals surface area contributed by atoms with Gasteiger partial charge in [0.1, 0.15) is 6.10 Å². The van der Waals surface area contributed by atoms with E-state index in [4.69, 9.17) is 0 Å². The first kappa shape index (κ1) is 14.3. The summed E-state index contributed by atoms with van der Waals surface area (Å²) < 4.78 is 1.23. The number of aliphatic hydroxyl groups is 1. The maximum absolute atomic E-state index is 10.8. The molecule has 1 heterocycles. The summed E-state index contributed by atoms with van der Waals surface area (Å²) in [6, 6.07) is 16.9. The average molecular weight is 296 g/mol. The number of rotatable bonds is 4. The van der Waals surface area contributed by atoms with Gasteiger partial charge < -0.3 is 5.11 Å². The van der Waals surface area contributed by atoms with Gasteiger partial charge in [-0.05, 0) is 47.1 Å². The molecule has 1 unspecified atom stereocenters. The lowest BCUT2D eigenvalue weighted by atomic mass is 9.96. The number of hydrogen-bond acceptors (Lipinski definition) is 2. The van der Waals surface area contributed by atoms with Gasteiger partial charge in [-0.15, -0.1) is 11.3 Å². The lowest BCUT2D eigenvalue weighted by molar-refractivity contribution is 0.223. The molecule has 1 aromatic heterocycles. The second-order valence-corrected chi connectivity index (χ2v) is 6.44. The van der Waals surface area contributed by atoms with E-state index in [9.17, 15) is 5.11 Å². The zero-order valence-electron chi connectivity index (χ0n) is 12.5. The van der Waals surface area contributed by atoms with E-state index < -0.39 is 6.10 Å². The summed E-state index contributed by atoms with van der Waals surface area (Å²) in [6.07, 6.45) is 1.42. The van der Waals surface area contributed by atoms with E-state index in [0.29, 0.717) is 0 Å². The summed E-state index contributed by atoms with van der Waals surface area (Å²) >= 11 is 1.68. The van der Waals surface area contributed by atoms with Crippen molar-refractivity contribution in [2.45, 2.75) is 32.8 Å². The Kier molecular flexibility index (Phi) is 4.09. The first-order valence-electron chi connectivity index (χ1n) is 7.51. The third kappa shape index (κ3) is 2.74. The summed E-state index contributed by atoms with van der Waals surface area (Å²) in [5.41, 5.74) is 3.57. The molecule has 0 aliphatic rings. The molecule has 1 N–H and O–H groups in total. The highest BCUT2D eigenvalue weighted by Gasteiger charge is 2.17. The zero-order chi connectivity index (χ0) is 14.8. The van der Waals surface area contributed by atoms with Crippen molar-refractivity contribution in [1.82, 2.24) is 0 Å². The van der Waals surface area contributed by atoms with Crippen LogP contribution < -0.4 is 0 Å². The van der Waals surface area contributed by atoms with Crippen LogP contribution >= 0.6 is 11.3 Å². The van der Waals surface area contributed by atoms with Crippen LogP contribution in [-0.4, -0.2) is 5.11 Å². The Morgan fingerprint density at radius 2 is 1.81 bits per heavy atom. The minimum absolute atomic E-state index is 0.524. The van der Waals surface area contributed by atoms with Gasteiger partial charge in [-0.25, -0.2) is 0 Å². The Balaban J connectivity index is 2.06. The highest BCUT2D eigenvalue weighted by Crippen LogP contribution is 2.34. The summed E-state index contributed by atoms with van der Waals surface area (Å²) in [6.45, 7) is 4.29. The van der Waals surface area contributed by atoms with E-state index in [1.807, 2.05) is 12.1 Å². The normalized spacial score (nSPS) is 12.7. The Labute approximate surface area is 129 Å². The topological polar surface area (TPSA) is 20.2 Å². The Bertz CT molecular complexity index is 724. The van der Waals surface area contributed by atoms with Crippen molar-refractivity contribution in [2.24, 2.45) is 0 Å². The van der Waals surface area contributed by atoms with Crippen molar-refractivity contribution in [1.29, 1.82) is 0 Å². The third-order valence-electron chi connectivity index (χ3n) is 4.01. The van der Waals surface area contributed by atoms with Crippen LogP contribution in [0.4, 0.5) is 0 Å². The molecule has 0 radical (unpaired) electrons. The van der Waals surface area contributed by atoms with Crippen LogP contribution in [0.1, 0.15) is 41.5 Å². The molecule has 2 heteroatoms. The SMILES string of the molecule is CCc1ccc(CC)c(C(O)c2cc3ccccc3s2)c1. The third-order valence-corrected chi connectivity index (χ3v) is 5.18. The van der Waals surface area contributed by atoms with Crippen molar-refractivity contribution in [3.05, 3.63) is 70.1 Å². The molecule has 2 aromatic carbocycles. The minimum atomic E-state index is -0.524. The Hall–Kier alpha value is -1.64. The number of benzene rings is 2. The molecule has 108 valence electrons. The second-order valence-electron chi connectivity index (χ2n) is 5.33. The summed E-state index contributed by atoms with van der Waals surface area (Å²) in [5.74, 6) is 0. The standard InChI is InChI=1S/C19H20OS/c1-3-13-9-10-14(4-2)16(11-13)19(20)18-12-15-7-5-6-8-17(15)21-18/h5-12,19-20H,3-4H2,1-2H3. The van der Waals surface area contributed by atoms with Crippen molar-refractivity contribution in [3.63, 3.8) is 0 Å². The molecule has 1 atom stereocenters. The Morgan fingerprint density at radius 3 is 2.52 bits per heavy atom. The van der Waals surface area contributed by atoms with Crippen LogP contribution in [0.2, 0.25) is 0 Å². The van der Waals surface area contributed by atoms with Crippen molar-refractivity contribution in [2.75, 3.05) is 0 Å². The molecule has 0 saturated carbocycles. The van der Waals surface area contributed by atoms with Gasteiger partial charge in [0.25, 0.3) is 0 Å². The van der Waals surface area contributed by atoms with Gasteiger partial charge >= 0.3 is 0 Å². The van der Waals surface area contributed by atoms with E-state index in [-0.39, 0.29) is 0 Å². The lowest BCUT2D eigenvalue weighted by Crippen LogP contribution is -2.03. The molecule has 0 saturated heterocycles. The van der Waals surface area contributed by atoms with Crippen LogP contribution in [0.5, 0.6) is 0 Å². The van der Waals surface area contributed by atoms with Gasteiger partial charge in [0.15, 0.2) is 0 Å². The largest absolute Gasteiger partial charge is 0.383 e. The van der Waals surface area contributed by atoms with Gasteiger partial charge in [-0.3, -0.25) is 0 Å². The summed E-state index contributed by atoms with van der Waals surface area (Å²) in [4.78, 5) is 1.03. The van der Waals surface area contributed by atoms with Gasteiger partial charge in [-0.2, -0.15) is 0 Å². The van der Waals surface area contributed by atoms with Gasteiger partial charge in [0.2, 0.25) is 0 Å². The number of hydrogen-bond donors (Lipinski definition) is 1. The van der Waals surface area contributed by atoms with Gasteiger partial charge in [-0.1, -0.05) is 50.2 Å². The molecule has 1 nitrogen and oxygen atoms in total. The maximum atomic E-state index is 10.8. The molecule has 3 aromatic rings. The van der Waals surface area contributed by atoms with Crippen molar-refractivity contribution >= 4 is 21.4 Å². The fourth-order valence-corrected chi connectivity index (χ4v) is 3.80. The first-order valence-corrected chi connectivity index (χ1v) is 8.32. The van der Waals surface area contributed by atoms with E-state index in [1.54, 1.807) is 11.3 Å². The first-order chi connectivity index (χ1) is 10.2. The maximum Gasteiger partial charge on any atom is 0.114 e. The predicted molar refractivity (Wildman–Crippen MR) is 91.1 cm³/mol. The number of fused-ring (bicyclic) bond motifs is 1. The van der Waals surface area contributed by atoms with Crippen LogP contribution in [0.3, 0.4) is 0 Å². The molecule has 0 spiro atoms. The fourth-order valence-electron chi connectivity index (χ4n) is 2.73. The van der Waals surface area contributed by atoms with Crippen LogP contribution in [-0.2, 0) is 12.8 Å². The smallest absolute Gasteiger partial charge is 0.114 e.